The molecule has 0 saturated carbocycles. The van der Waals surface area contributed by atoms with Gasteiger partial charge in [0.2, 0.25) is 0 Å². The van der Waals surface area contributed by atoms with E-state index in [1.165, 1.54) is 0 Å². The Kier molecular flexibility index (Phi) is 159000. The topological polar surface area (TPSA) is 306 Å². The zero-order valence-electron chi connectivity index (χ0n) is 7.55. The molecule has 0 aliphatic rings. The van der Waals surface area contributed by atoms with Crippen molar-refractivity contribution in [3.8, 4) is 0 Å². The van der Waals surface area contributed by atoms with Gasteiger partial charge in [0.05, 0.1) is 0 Å². The summed E-state index contributed by atoms with van der Waals surface area (Å²) in [5.41, 5.74) is 0. The van der Waals surface area contributed by atoms with E-state index in [-0.39, 0.29) is 90.2 Å². The van der Waals surface area contributed by atoms with Gasteiger partial charge in [0, 0.05) is 29.8 Å². The van der Waals surface area contributed by atoms with Gasteiger partial charge in [0.15, 0.2) is 0 Å². The molecule has 0 atom stereocenters. The predicted octanol–water partition coefficient (Wildman–Crippen LogP) is -1.78. The van der Waals surface area contributed by atoms with Crippen LogP contribution in [0.2, 0.25) is 0 Å². The fourth-order valence-electron chi connectivity index (χ4n) is 0. The second-order valence-corrected chi connectivity index (χ2v) is 0. The molecule has 10 N–H and O–H groups in total. The molecule has 0 aromatic rings. The Morgan fingerprint density at radius 3 is 0.444 bits per heavy atom. The van der Waals surface area contributed by atoms with Crippen molar-refractivity contribution in [1.82, 2.24) is 0 Å². The van der Waals surface area contributed by atoms with E-state index in [0.717, 1.165) is 0 Å². The molecule has 0 unspecified atom stereocenters. The average molecular weight is 457 g/mol. The summed E-state index contributed by atoms with van der Waals surface area (Å²) in [5, 5.41) is 24.0. The smallest absolute Gasteiger partial charge is 0.870 e. The molecule has 0 bridgehead atoms. The van der Waals surface area contributed by atoms with Gasteiger partial charge >= 0.3 is 68.3 Å². The van der Waals surface area contributed by atoms with E-state index in [9.17, 15) is 0 Å². The van der Waals surface area contributed by atoms with E-state index in [4.69, 9.17) is 50.8 Å². The molecule has 0 aromatic heterocycles. The van der Waals surface area contributed by atoms with Crippen LogP contribution < -0.4 is 0 Å². The first-order valence-corrected chi connectivity index (χ1v) is 0.900. The molecule has 18 heavy (non-hydrogen) atoms. The largest absolute Gasteiger partial charge is 3.00 e. The van der Waals surface area contributed by atoms with Crippen LogP contribution in [0.4, 0.5) is 0 Å². The van der Waals surface area contributed by atoms with Crippen LogP contribution in [-0.2, 0) is 68.3 Å². The maximum absolute atomic E-state index is 7.00. The van der Waals surface area contributed by atoms with Crippen LogP contribution in [-0.4, -0.2) is 42.9 Å². The molecular formula is H10Fe4O14+8. The minimum absolute atomic E-state index is 0. The van der Waals surface area contributed by atoms with Gasteiger partial charge in [-0.05, 0) is 0 Å². The second kappa shape index (κ2) is 15500. The first-order chi connectivity index (χ1) is 5.00. The standard InChI is InChI=1S/4Fe.2H2O2.3O2.4H2O/c;;;;5*1-2;;;;/h;;;;2*1-2H;;;;4*1H2/q2*+2;2*+3;;;;;;;;;/p-2. The Labute approximate surface area is 141 Å². The maximum atomic E-state index is 7.00. The van der Waals surface area contributed by atoms with E-state index in [1.54, 1.807) is 0 Å². The molecule has 0 amide bonds. The number of hydrogen-bond acceptors (Lipinski definition) is 12. The van der Waals surface area contributed by atoms with E-state index in [1.807, 2.05) is 0 Å². The third-order valence-corrected chi connectivity index (χ3v) is 0. The zero-order valence-corrected chi connectivity index (χ0v) is 12.0. The third kappa shape index (κ3) is 12900. The van der Waals surface area contributed by atoms with Crippen LogP contribution in [0, 0.1) is 29.8 Å². The van der Waals surface area contributed by atoms with Gasteiger partial charge in [0.1, 0.15) is 0 Å². The van der Waals surface area contributed by atoms with Crippen molar-refractivity contribution in [2.45, 2.75) is 0 Å². The molecule has 0 aliphatic heterocycles. The van der Waals surface area contributed by atoms with Gasteiger partial charge in [-0.25, -0.2) is 0 Å². The molecule has 14 nitrogen and oxygen atoms in total. The van der Waals surface area contributed by atoms with Crippen LogP contribution >= 0.6 is 0 Å². The van der Waals surface area contributed by atoms with Crippen molar-refractivity contribution in [2.24, 2.45) is 0 Å². The van der Waals surface area contributed by atoms with Crippen molar-refractivity contribution in [3.05, 3.63) is 29.8 Å². The van der Waals surface area contributed by atoms with Crippen LogP contribution in [0.25, 0.3) is 0 Å². The second-order valence-electron chi connectivity index (χ2n) is 0. The molecule has 18 heteroatoms. The van der Waals surface area contributed by atoms with Gasteiger partial charge in [-0.3, -0.25) is 21.0 Å². The fraction of sp³-hybridized carbons (Fsp3) is 0. The molecule has 2 radical (unpaired) electrons. The Morgan fingerprint density at radius 2 is 0.444 bits per heavy atom. The first-order valence-electron chi connectivity index (χ1n) is 0.900. The molecule has 0 aliphatic carbocycles. The molecule has 0 spiro atoms. The van der Waals surface area contributed by atoms with Crippen LogP contribution in [0.15, 0.2) is 0 Å². The summed E-state index contributed by atoms with van der Waals surface area (Å²) in [6.07, 6.45) is 0. The number of hydrogen-bond donors (Lipinski definition) is 4. The maximum Gasteiger partial charge on any atom is 3.00 e. The minimum atomic E-state index is 0. The summed E-state index contributed by atoms with van der Waals surface area (Å²) in [4.78, 5) is 42.0. The predicted molar refractivity (Wildman–Crippen MR) is 41.8 cm³/mol. The van der Waals surface area contributed by atoms with E-state index in [2.05, 4.69) is 0 Å². The van der Waals surface area contributed by atoms with E-state index >= 15 is 0 Å². The normalized spacial score (nSPS) is 1.33. The fourth-order valence-corrected chi connectivity index (χ4v) is 0. The minimum Gasteiger partial charge on any atom is -0.870 e. The Hall–Kier alpha value is 0.558. The first kappa shape index (κ1) is 185. The van der Waals surface area contributed by atoms with Crippen LogP contribution in [0.5, 0.6) is 0 Å². The quantitative estimate of drug-likeness (QED) is 0.178. The average Bonchev–Trinajstić information content (AvgIpc) is 2.20. The molecule has 0 heterocycles. The summed E-state index contributed by atoms with van der Waals surface area (Å²) in [6.45, 7) is 0. The Morgan fingerprint density at radius 1 is 0.444 bits per heavy atom. The van der Waals surface area contributed by atoms with Crippen molar-refractivity contribution >= 4 is 0 Å². The molecule has 0 rings (SSSR count). The van der Waals surface area contributed by atoms with Crippen LogP contribution in [0.1, 0.15) is 0 Å². The monoisotopic (exact) mass is 458 g/mol. The van der Waals surface area contributed by atoms with Crippen molar-refractivity contribution in [2.75, 3.05) is 0 Å². The van der Waals surface area contributed by atoms with E-state index in [0.29, 0.717) is 0 Å². The molecule has 0 fully saturated rings. The summed E-state index contributed by atoms with van der Waals surface area (Å²) in [7, 11) is 0. The molecule has 118 valence electrons. The zero-order chi connectivity index (χ0) is 10.0. The number of rotatable bonds is 0. The van der Waals surface area contributed by atoms with Gasteiger partial charge in [0.25, 0.3) is 0 Å². The van der Waals surface area contributed by atoms with E-state index < -0.39 is 0 Å². The van der Waals surface area contributed by atoms with Crippen molar-refractivity contribution in [1.29, 1.82) is 0 Å². The molecule has 0 saturated heterocycles. The summed E-state index contributed by atoms with van der Waals surface area (Å²) >= 11 is 0. The molecular weight excluding hydrogens is 447 g/mol. The summed E-state index contributed by atoms with van der Waals surface area (Å²) < 4.78 is 0. The van der Waals surface area contributed by atoms with Crippen LogP contribution in [0.3, 0.4) is 0 Å². The van der Waals surface area contributed by atoms with Crippen molar-refractivity contribution in [3.63, 3.8) is 0 Å². The van der Waals surface area contributed by atoms with Gasteiger partial charge in [-0.2, -0.15) is 0 Å². The summed E-state index contributed by atoms with van der Waals surface area (Å²) in [5.74, 6) is 0. The summed E-state index contributed by atoms with van der Waals surface area (Å²) in [6, 6.07) is 0. The third-order valence-electron chi connectivity index (χ3n) is 0. The molecule has 0 aromatic carbocycles. The Balaban J connectivity index is -0.00000000142. The van der Waals surface area contributed by atoms with Gasteiger partial charge in [-0.15, -0.1) is 0 Å². The van der Waals surface area contributed by atoms with Crippen molar-refractivity contribution < 1.29 is 111 Å². The van der Waals surface area contributed by atoms with Gasteiger partial charge in [-0.1, -0.05) is 0 Å². The SMILES string of the molecule is O.O.O=O.O=O.O=O.OO.OO.[Fe+2].[Fe+2].[Fe+3].[Fe+3].[OH-].[OH-]. The Bertz CT molecular complexity index is 18.5. The van der Waals surface area contributed by atoms with Gasteiger partial charge < -0.3 is 21.9 Å².